The molecule has 2 aromatic carbocycles. The summed E-state index contributed by atoms with van der Waals surface area (Å²) in [5.41, 5.74) is 4.82. The van der Waals surface area contributed by atoms with E-state index in [9.17, 15) is 5.11 Å². The standard InChI is InChI=1S/C26H39OPS/c1-7-9-12-15-26(8-2,28-23-14-11-10-13-20(23)18-29)22-17-21(25(4,5)6)16-19(3)24(22)27/h10-11,13-14,16-17,27-29H,7-9,12,15,18H2,1-6H3. The second-order valence-electron chi connectivity index (χ2n) is 9.27. The van der Waals surface area contributed by atoms with Crippen LogP contribution in [0.3, 0.4) is 0 Å². The maximum Gasteiger partial charge on any atom is 0.122 e. The molecule has 29 heavy (non-hydrogen) atoms. The zero-order valence-electron chi connectivity index (χ0n) is 19.1. The van der Waals surface area contributed by atoms with Gasteiger partial charge in [0.15, 0.2) is 0 Å². The van der Waals surface area contributed by atoms with Gasteiger partial charge in [0, 0.05) is 16.5 Å². The molecule has 0 spiro atoms. The molecular weight excluding hydrogens is 391 g/mol. The van der Waals surface area contributed by atoms with Gasteiger partial charge in [-0.1, -0.05) is 98.9 Å². The molecule has 0 aliphatic rings. The van der Waals surface area contributed by atoms with Gasteiger partial charge >= 0.3 is 0 Å². The summed E-state index contributed by atoms with van der Waals surface area (Å²) in [5.74, 6) is 1.25. The number of benzene rings is 2. The normalized spacial score (nSPS) is 14.4. The molecule has 2 aromatic rings. The van der Waals surface area contributed by atoms with Crippen molar-refractivity contribution in [2.24, 2.45) is 0 Å². The van der Waals surface area contributed by atoms with Crippen LogP contribution in [-0.2, 0) is 16.3 Å². The monoisotopic (exact) mass is 430 g/mol. The van der Waals surface area contributed by atoms with Gasteiger partial charge in [-0.15, -0.1) is 0 Å². The summed E-state index contributed by atoms with van der Waals surface area (Å²) in [4.78, 5) is 0. The zero-order chi connectivity index (χ0) is 21.7. The Kier molecular flexibility index (Phi) is 8.68. The molecule has 0 fully saturated rings. The first-order valence-corrected chi connectivity index (χ1v) is 12.6. The maximum absolute atomic E-state index is 11.2. The van der Waals surface area contributed by atoms with Crippen LogP contribution in [0.25, 0.3) is 0 Å². The Hall–Kier alpha value is -0.980. The largest absolute Gasteiger partial charge is 0.507 e. The number of hydrogen-bond donors (Lipinski definition) is 2. The average Bonchev–Trinajstić information content (AvgIpc) is 2.69. The van der Waals surface area contributed by atoms with Gasteiger partial charge in [0.2, 0.25) is 0 Å². The molecule has 1 N–H and O–H groups in total. The summed E-state index contributed by atoms with van der Waals surface area (Å²) >= 11 is 4.58. The van der Waals surface area contributed by atoms with Crippen LogP contribution in [0.5, 0.6) is 5.75 Å². The predicted octanol–water partition coefficient (Wildman–Crippen LogP) is 7.62. The molecule has 2 unspecified atom stereocenters. The van der Waals surface area contributed by atoms with Crippen molar-refractivity contribution in [3.05, 3.63) is 58.7 Å². The number of unbranched alkanes of at least 4 members (excludes halogenated alkanes) is 2. The van der Waals surface area contributed by atoms with Crippen LogP contribution in [0.15, 0.2) is 36.4 Å². The van der Waals surface area contributed by atoms with E-state index in [2.05, 4.69) is 83.6 Å². The Morgan fingerprint density at radius 3 is 2.31 bits per heavy atom. The zero-order valence-corrected chi connectivity index (χ0v) is 21.0. The van der Waals surface area contributed by atoms with E-state index < -0.39 is 0 Å². The number of aryl methyl sites for hydroxylation is 1. The molecule has 0 bridgehead atoms. The molecule has 0 heterocycles. The van der Waals surface area contributed by atoms with Crippen molar-refractivity contribution in [3.8, 4) is 5.75 Å². The molecule has 1 nitrogen and oxygen atoms in total. The van der Waals surface area contributed by atoms with Crippen molar-refractivity contribution >= 4 is 26.5 Å². The number of aromatic hydroxyl groups is 1. The van der Waals surface area contributed by atoms with E-state index in [-0.39, 0.29) is 10.6 Å². The molecule has 0 amide bonds. The van der Waals surface area contributed by atoms with Gasteiger partial charge in [-0.05, 0) is 47.2 Å². The fourth-order valence-corrected chi connectivity index (χ4v) is 6.27. The molecule has 0 aromatic heterocycles. The predicted molar refractivity (Wildman–Crippen MR) is 135 cm³/mol. The minimum absolute atomic E-state index is 0.0374. The van der Waals surface area contributed by atoms with Crippen LogP contribution in [0.1, 0.15) is 89.0 Å². The number of phenols is 1. The van der Waals surface area contributed by atoms with Gasteiger partial charge in [0.05, 0.1) is 0 Å². The first-order chi connectivity index (χ1) is 13.7. The van der Waals surface area contributed by atoms with E-state index in [4.69, 9.17) is 0 Å². The molecular formula is C26H39OPS. The molecule has 2 rings (SSSR count). The number of rotatable bonds is 9. The summed E-state index contributed by atoms with van der Waals surface area (Å²) in [5, 5.41) is 12.6. The minimum Gasteiger partial charge on any atom is -0.507 e. The Morgan fingerprint density at radius 2 is 1.72 bits per heavy atom. The van der Waals surface area contributed by atoms with Crippen LogP contribution >= 0.6 is 21.2 Å². The summed E-state index contributed by atoms with van der Waals surface area (Å²) < 4.78 is 0. The molecule has 3 heteroatoms. The van der Waals surface area contributed by atoms with Gasteiger partial charge in [-0.3, -0.25) is 0 Å². The van der Waals surface area contributed by atoms with Crippen molar-refractivity contribution in [3.63, 3.8) is 0 Å². The lowest BCUT2D eigenvalue weighted by Crippen LogP contribution is -2.25. The van der Waals surface area contributed by atoms with E-state index in [1.165, 1.54) is 35.7 Å². The first kappa shape index (κ1) is 24.3. The highest BCUT2D eigenvalue weighted by atomic mass is 32.1. The molecule has 0 saturated heterocycles. The molecule has 2 atom stereocenters. The number of hydrogen-bond acceptors (Lipinski definition) is 2. The van der Waals surface area contributed by atoms with Crippen molar-refractivity contribution in [1.82, 2.24) is 0 Å². The average molecular weight is 431 g/mol. The third-order valence-electron chi connectivity index (χ3n) is 6.05. The van der Waals surface area contributed by atoms with Crippen LogP contribution in [0.2, 0.25) is 0 Å². The molecule has 0 radical (unpaired) electrons. The number of thiol groups is 1. The summed E-state index contributed by atoms with van der Waals surface area (Å²) in [6.45, 7) is 13.4. The van der Waals surface area contributed by atoms with Crippen molar-refractivity contribution < 1.29 is 5.11 Å². The fraction of sp³-hybridized carbons (Fsp3) is 0.538. The second-order valence-corrected chi connectivity index (χ2v) is 11.3. The lowest BCUT2D eigenvalue weighted by molar-refractivity contribution is 0.431. The van der Waals surface area contributed by atoms with E-state index in [1.807, 2.05) is 6.92 Å². The summed E-state index contributed by atoms with van der Waals surface area (Å²) in [7, 11) is 0.624. The lowest BCUT2D eigenvalue weighted by atomic mass is 9.80. The van der Waals surface area contributed by atoms with Crippen LogP contribution in [-0.4, -0.2) is 5.11 Å². The van der Waals surface area contributed by atoms with Crippen LogP contribution in [0, 0.1) is 6.92 Å². The smallest absolute Gasteiger partial charge is 0.122 e. The topological polar surface area (TPSA) is 20.2 Å². The third kappa shape index (κ3) is 5.80. The Morgan fingerprint density at radius 1 is 1.03 bits per heavy atom. The Bertz CT molecular complexity index is 809. The Balaban J connectivity index is 2.65. The highest BCUT2D eigenvalue weighted by Gasteiger charge is 2.35. The van der Waals surface area contributed by atoms with Gasteiger partial charge in [0.25, 0.3) is 0 Å². The van der Waals surface area contributed by atoms with Crippen LogP contribution in [0.4, 0.5) is 0 Å². The number of phenolic OH excluding ortho intramolecular Hbond substituents is 1. The van der Waals surface area contributed by atoms with Gasteiger partial charge in [-0.25, -0.2) is 0 Å². The Labute approximate surface area is 185 Å². The van der Waals surface area contributed by atoms with E-state index in [1.54, 1.807) is 0 Å². The van der Waals surface area contributed by atoms with E-state index in [0.717, 1.165) is 29.7 Å². The molecule has 0 aliphatic carbocycles. The van der Waals surface area contributed by atoms with E-state index in [0.29, 0.717) is 14.3 Å². The highest BCUT2D eigenvalue weighted by molar-refractivity contribution is 7.79. The van der Waals surface area contributed by atoms with E-state index >= 15 is 0 Å². The van der Waals surface area contributed by atoms with Gasteiger partial charge in [0.1, 0.15) is 5.75 Å². The first-order valence-electron chi connectivity index (χ1n) is 11.0. The molecule has 160 valence electrons. The van der Waals surface area contributed by atoms with Gasteiger partial charge in [-0.2, -0.15) is 12.6 Å². The van der Waals surface area contributed by atoms with Gasteiger partial charge < -0.3 is 5.11 Å². The third-order valence-corrected chi connectivity index (χ3v) is 8.50. The lowest BCUT2D eigenvalue weighted by Gasteiger charge is -2.37. The SMILES string of the molecule is CCCCCC(CC)(Pc1ccccc1CS)c1cc(C(C)(C)C)cc(C)c1O. The van der Waals surface area contributed by atoms with Crippen LogP contribution < -0.4 is 5.30 Å². The molecule has 0 aliphatic heterocycles. The van der Waals surface area contributed by atoms with Crippen molar-refractivity contribution in [2.75, 3.05) is 0 Å². The quantitative estimate of drug-likeness (QED) is 0.238. The van der Waals surface area contributed by atoms with Crippen molar-refractivity contribution in [1.29, 1.82) is 0 Å². The summed E-state index contributed by atoms with van der Waals surface area (Å²) in [6, 6.07) is 13.2. The highest BCUT2D eigenvalue weighted by Crippen LogP contribution is 2.52. The fourth-order valence-electron chi connectivity index (χ4n) is 4.01. The van der Waals surface area contributed by atoms with Crippen molar-refractivity contribution in [2.45, 2.75) is 90.0 Å². The summed E-state index contributed by atoms with van der Waals surface area (Å²) in [6.07, 6.45) is 5.77. The maximum atomic E-state index is 11.2. The second kappa shape index (κ2) is 10.4. The minimum atomic E-state index is -0.0374. The molecule has 0 saturated carbocycles.